The SMILES string of the molecule is Nc1nc(N2CC(N3CCNCC3)C2)ccc1[N+](=O)[O-]. The van der Waals surface area contributed by atoms with E-state index in [4.69, 9.17) is 5.73 Å². The number of pyridine rings is 1. The normalized spacial score (nSPS) is 20.7. The van der Waals surface area contributed by atoms with Crippen molar-refractivity contribution >= 4 is 17.3 Å². The number of nitrogens with zero attached hydrogens (tertiary/aromatic N) is 4. The van der Waals surface area contributed by atoms with Crippen LogP contribution in [0, 0.1) is 10.1 Å². The lowest BCUT2D eigenvalue weighted by molar-refractivity contribution is -0.384. The molecule has 2 fully saturated rings. The maximum Gasteiger partial charge on any atom is 0.311 e. The fourth-order valence-electron chi connectivity index (χ4n) is 2.71. The molecule has 0 radical (unpaired) electrons. The molecule has 1 aromatic rings. The van der Waals surface area contributed by atoms with Gasteiger partial charge in [0, 0.05) is 51.4 Å². The van der Waals surface area contributed by atoms with Gasteiger partial charge in [0.25, 0.3) is 0 Å². The van der Waals surface area contributed by atoms with Crippen LogP contribution < -0.4 is 16.0 Å². The molecule has 3 heterocycles. The van der Waals surface area contributed by atoms with Gasteiger partial charge in [0.1, 0.15) is 5.82 Å². The lowest BCUT2D eigenvalue weighted by atomic mass is 10.1. The summed E-state index contributed by atoms with van der Waals surface area (Å²) in [6.45, 7) is 6.05. The van der Waals surface area contributed by atoms with E-state index < -0.39 is 4.92 Å². The summed E-state index contributed by atoms with van der Waals surface area (Å²) in [5, 5.41) is 14.0. The second kappa shape index (κ2) is 5.22. The zero-order valence-electron chi connectivity index (χ0n) is 11.2. The van der Waals surface area contributed by atoms with Crippen molar-refractivity contribution in [3.63, 3.8) is 0 Å². The molecule has 0 aromatic carbocycles. The monoisotopic (exact) mass is 278 g/mol. The van der Waals surface area contributed by atoms with Crippen LogP contribution in [-0.2, 0) is 0 Å². The first kappa shape index (κ1) is 13.1. The lowest BCUT2D eigenvalue weighted by Gasteiger charge is -2.47. The molecular formula is C12H18N6O2. The summed E-state index contributed by atoms with van der Waals surface area (Å²) in [5.41, 5.74) is 5.49. The topological polar surface area (TPSA) is 101 Å². The zero-order chi connectivity index (χ0) is 14.1. The van der Waals surface area contributed by atoms with Crippen molar-refractivity contribution in [3.8, 4) is 0 Å². The van der Waals surface area contributed by atoms with E-state index in [1.807, 2.05) is 0 Å². The van der Waals surface area contributed by atoms with Crippen LogP contribution in [0.25, 0.3) is 0 Å². The number of nitrogen functional groups attached to an aromatic ring is 1. The minimum absolute atomic E-state index is 0.0156. The highest BCUT2D eigenvalue weighted by Crippen LogP contribution is 2.27. The van der Waals surface area contributed by atoms with Crippen LogP contribution in [-0.4, -0.2) is 60.1 Å². The van der Waals surface area contributed by atoms with E-state index in [1.54, 1.807) is 6.07 Å². The summed E-state index contributed by atoms with van der Waals surface area (Å²) >= 11 is 0. The molecule has 3 rings (SSSR count). The molecule has 8 heteroatoms. The van der Waals surface area contributed by atoms with Crippen LogP contribution in [0.15, 0.2) is 12.1 Å². The quantitative estimate of drug-likeness (QED) is 0.576. The fraction of sp³-hybridized carbons (Fsp3) is 0.583. The van der Waals surface area contributed by atoms with Crippen molar-refractivity contribution in [2.45, 2.75) is 6.04 Å². The molecule has 0 bridgehead atoms. The number of hydrogen-bond acceptors (Lipinski definition) is 7. The Bertz CT molecular complexity index is 511. The van der Waals surface area contributed by atoms with Gasteiger partial charge in [0.05, 0.1) is 4.92 Å². The van der Waals surface area contributed by atoms with Gasteiger partial charge in [-0.15, -0.1) is 0 Å². The molecule has 108 valence electrons. The number of hydrogen-bond donors (Lipinski definition) is 2. The first-order valence-electron chi connectivity index (χ1n) is 6.76. The van der Waals surface area contributed by atoms with Crippen molar-refractivity contribution in [2.24, 2.45) is 0 Å². The third-order valence-electron chi connectivity index (χ3n) is 3.94. The molecule has 20 heavy (non-hydrogen) atoms. The molecule has 0 amide bonds. The van der Waals surface area contributed by atoms with E-state index in [-0.39, 0.29) is 11.5 Å². The van der Waals surface area contributed by atoms with Gasteiger partial charge < -0.3 is 16.0 Å². The Morgan fingerprint density at radius 2 is 2.05 bits per heavy atom. The third kappa shape index (κ3) is 2.39. The average molecular weight is 278 g/mol. The van der Waals surface area contributed by atoms with Crippen LogP contribution in [0.2, 0.25) is 0 Å². The van der Waals surface area contributed by atoms with Crippen LogP contribution in [0.3, 0.4) is 0 Å². The fourth-order valence-corrected chi connectivity index (χ4v) is 2.71. The molecule has 0 aliphatic carbocycles. The molecular weight excluding hydrogens is 260 g/mol. The molecule has 2 aliphatic heterocycles. The van der Waals surface area contributed by atoms with E-state index in [1.165, 1.54) is 6.07 Å². The number of nitrogens with one attached hydrogen (secondary N) is 1. The van der Waals surface area contributed by atoms with Crippen molar-refractivity contribution in [1.82, 2.24) is 15.2 Å². The van der Waals surface area contributed by atoms with Crippen LogP contribution in [0.4, 0.5) is 17.3 Å². The van der Waals surface area contributed by atoms with Crippen molar-refractivity contribution in [1.29, 1.82) is 0 Å². The van der Waals surface area contributed by atoms with Crippen LogP contribution in [0.1, 0.15) is 0 Å². The summed E-state index contributed by atoms with van der Waals surface area (Å²) in [7, 11) is 0. The molecule has 3 N–H and O–H groups in total. The summed E-state index contributed by atoms with van der Waals surface area (Å²) in [4.78, 5) is 18.9. The highest BCUT2D eigenvalue weighted by Gasteiger charge is 2.33. The van der Waals surface area contributed by atoms with Crippen LogP contribution in [0.5, 0.6) is 0 Å². The standard InChI is InChI=1S/C12H18N6O2/c13-12-10(18(19)20)1-2-11(15-12)17-7-9(8-17)16-5-3-14-4-6-16/h1-2,9,14H,3-8H2,(H2,13,15). The van der Waals surface area contributed by atoms with Gasteiger partial charge in [0.2, 0.25) is 5.82 Å². The first-order chi connectivity index (χ1) is 9.65. The van der Waals surface area contributed by atoms with Gasteiger partial charge in [-0.3, -0.25) is 15.0 Å². The van der Waals surface area contributed by atoms with Gasteiger partial charge in [-0.05, 0) is 6.07 Å². The first-order valence-corrected chi connectivity index (χ1v) is 6.76. The van der Waals surface area contributed by atoms with Crippen molar-refractivity contribution in [2.75, 3.05) is 49.9 Å². The maximum atomic E-state index is 10.7. The molecule has 8 nitrogen and oxygen atoms in total. The molecule has 2 aliphatic rings. The van der Waals surface area contributed by atoms with Gasteiger partial charge in [-0.1, -0.05) is 0 Å². The van der Waals surface area contributed by atoms with Gasteiger partial charge in [-0.25, -0.2) is 4.98 Å². The van der Waals surface area contributed by atoms with E-state index in [9.17, 15) is 10.1 Å². The number of aromatic nitrogens is 1. The predicted molar refractivity (Wildman–Crippen MR) is 75.7 cm³/mol. The average Bonchev–Trinajstić information content (AvgIpc) is 2.38. The van der Waals surface area contributed by atoms with Crippen molar-refractivity contribution in [3.05, 3.63) is 22.2 Å². The van der Waals surface area contributed by atoms with Gasteiger partial charge in [0.15, 0.2) is 0 Å². The second-order valence-corrected chi connectivity index (χ2v) is 5.18. The maximum absolute atomic E-state index is 10.7. The predicted octanol–water partition coefficient (Wildman–Crippen LogP) is -0.334. The smallest absolute Gasteiger partial charge is 0.311 e. The molecule has 0 atom stereocenters. The van der Waals surface area contributed by atoms with E-state index >= 15 is 0 Å². The number of nitro groups is 1. The minimum Gasteiger partial charge on any atom is -0.378 e. The van der Waals surface area contributed by atoms with E-state index in [0.717, 1.165) is 45.1 Å². The number of nitrogens with two attached hydrogens (primary N) is 1. The summed E-state index contributed by atoms with van der Waals surface area (Å²) in [5.74, 6) is 0.706. The molecule has 1 aromatic heterocycles. The summed E-state index contributed by atoms with van der Waals surface area (Å²) < 4.78 is 0. The van der Waals surface area contributed by atoms with E-state index in [0.29, 0.717) is 6.04 Å². The molecule has 0 unspecified atom stereocenters. The Morgan fingerprint density at radius 3 is 2.65 bits per heavy atom. The lowest BCUT2D eigenvalue weighted by Crippen LogP contribution is -2.63. The Hall–Kier alpha value is -1.93. The highest BCUT2D eigenvalue weighted by molar-refractivity contribution is 5.58. The highest BCUT2D eigenvalue weighted by atomic mass is 16.6. The Kier molecular flexibility index (Phi) is 3.41. The molecule has 0 spiro atoms. The van der Waals surface area contributed by atoms with Crippen molar-refractivity contribution < 1.29 is 4.92 Å². The number of rotatable bonds is 3. The van der Waals surface area contributed by atoms with Gasteiger partial charge >= 0.3 is 5.69 Å². The second-order valence-electron chi connectivity index (χ2n) is 5.18. The number of piperazine rings is 1. The number of anilines is 2. The molecule has 2 saturated heterocycles. The largest absolute Gasteiger partial charge is 0.378 e. The molecule has 0 saturated carbocycles. The Balaban J connectivity index is 1.62. The zero-order valence-corrected chi connectivity index (χ0v) is 11.2. The Labute approximate surface area is 116 Å². The minimum atomic E-state index is -0.508. The summed E-state index contributed by atoms with van der Waals surface area (Å²) in [6, 6.07) is 3.65. The van der Waals surface area contributed by atoms with Gasteiger partial charge in [-0.2, -0.15) is 0 Å². The third-order valence-corrected chi connectivity index (χ3v) is 3.94. The summed E-state index contributed by atoms with van der Waals surface area (Å²) in [6.07, 6.45) is 0. The van der Waals surface area contributed by atoms with E-state index in [2.05, 4.69) is 20.1 Å². The Morgan fingerprint density at radius 1 is 1.35 bits per heavy atom. The van der Waals surface area contributed by atoms with Crippen LogP contribution >= 0.6 is 0 Å².